The Balaban J connectivity index is 0.00000113. The molecule has 14 nitrogen and oxygen atoms in total. The molecule has 46 heavy (non-hydrogen) atoms. The summed E-state index contributed by atoms with van der Waals surface area (Å²) in [7, 11) is -10.5. The van der Waals surface area contributed by atoms with Crippen LogP contribution in [0.3, 0.4) is 0 Å². The quantitative estimate of drug-likeness (QED) is 0.118. The van der Waals surface area contributed by atoms with Crippen molar-refractivity contribution in [2.24, 2.45) is 20.5 Å². The zero-order valence-electron chi connectivity index (χ0n) is 24.3. The van der Waals surface area contributed by atoms with Gasteiger partial charge in [0.1, 0.15) is 10.6 Å². The third kappa shape index (κ3) is 8.01. The minimum absolute atomic E-state index is 0.0775. The van der Waals surface area contributed by atoms with Gasteiger partial charge in [-0.15, -0.1) is 28.0 Å². The van der Waals surface area contributed by atoms with Crippen molar-refractivity contribution in [1.82, 2.24) is 0 Å². The summed E-state index contributed by atoms with van der Waals surface area (Å²) in [6.45, 7) is 3.74. The first-order valence-electron chi connectivity index (χ1n) is 13.0. The SMILES string of the molecule is CNc1ccc(N=Nc2ccc(N=Nc3cc4c(C)cccc4cc3S(=O)(=O)O)c3ccc(S(=O)(=O)O)cc23)c(C)c1.O=S(=O)=O. The maximum atomic E-state index is 12.2. The lowest BCUT2D eigenvalue weighted by Crippen LogP contribution is -1.98. The molecule has 0 amide bonds. The highest BCUT2D eigenvalue weighted by Crippen LogP contribution is 2.38. The molecule has 17 heteroatoms. The van der Waals surface area contributed by atoms with Gasteiger partial charge in [0, 0.05) is 23.5 Å². The molecule has 0 bridgehead atoms. The first-order valence-corrected chi connectivity index (χ1v) is 16.9. The Morgan fingerprint density at radius 1 is 0.609 bits per heavy atom. The van der Waals surface area contributed by atoms with E-state index in [2.05, 4.69) is 25.8 Å². The highest BCUT2D eigenvalue weighted by Gasteiger charge is 2.18. The van der Waals surface area contributed by atoms with Gasteiger partial charge in [-0.3, -0.25) is 9.11 Å². The van der Waals surface area contributed by atoms with Crippen LogP contribution in [0.15, 0.2) is 109 Å². The van der Waals surface area contributed by atoms with Crippen molar-refractivity contribution in [2.45, 2.75) is 23.6 Å². The van der Waals surface area contributed by atoms with E-state index in [0.29, 0.717) is 27.5 Å². The van der Waals surface area contributed by atoms with Gasteiger partial charge < -0.3 is 5.32 Å². The average Bonchev–Trinajstić information content (AvgIpc) is 2.98. The summed E-state index contributed by atoms with van der Waals surface area (Å²) in [6, 6.07) is 20.8. The topological polar surface area (TPSA) is 221 Å². The Hall–Kier alpha value is -4.94. The van der Waals surface area contributed by atoms with Gasteiger partial charge in [0.05, 0.1) is 22.0 Å². The van der Waals surface area contributed by atoms with Crippen LogP contribution in [-0.2, 0) is 30.8 Å². The van der Waals surface area contributed by atoms with Crippen LogP contribution in [0.2, 0.25) is 0 Å². The van der Waals surface area contributed by atoms with Crippen molar-refractivity contribution in [3.8, 4) is 0 Å². The number of anilines is 1. The van der Waals surface area contributed by atoms with E-state index >= 15 is 0 Å². The number of hydrogen-bond donors (Lipinski definition) is 3. The molecule has 5 rings (SSSR count). The van der Waals surface area contributed by atoms with Gasteiger partial charge in [-0.25, -0.2) is 0 Å². The molecule has 5 aromatic rings. The number of rotatable bonds is 7. The lowest BCUT2D eigenvalue weighted by atomic mass is 10.1. The smallest absolute Gasteiger partial charge is 0.388 e. The molecule has 238 valence electrons. The molecule has 3 N–H and O–H groups in total. The normalized spacial score (nSPS) is 12.0. The lowest BCUT2D eigenvalue weighted by Gasteiger charge is -2.09. The second-order valence-electron chi connectivity index (χ2n) is 9.73. The summed E-state index contributed by atoms with van der Waals surface area (Å²) in [4.78, 5) is -0.763. The molecule has 0 radical (unpaired) electrons. The highest BCUT2D eigenvalue weighted by atomic mass is 32.2. The Bertz CT molecular complexity index is 2390. The van der Waals surface area contributed by atoms with Crippen LogP contribution in [0.5, 0.6) is 0 Å². The first kappa shape index (κ1) is 33.9. The van der Waals surface area contributed by atoms with Gasteiger partial charge in [-0.1, -0.05) is 24.3 Å². The van der Waals surface area contributed by atoms with E-state index in [1.54, 1.807) is 37.4 Å². The largest absolute Gasteiger partial charge is 0.425 e. The molecule has 0 spiro atoms. The van der Waals surface area contributed by atoms with Gasteiger partial charge in [0.2, 0.25) is 0 Å². The number of fused-ring (bicyclic) bond motifs is 2. The molecule has 0 fully saturated rings. The third-order valence-corrected chi connectivity index (χ3v) is 8.44. The molecule has 0 aliphatic heterocycles. The van der Waals surface area contributed by atoms with Crippen LogP contribution in [0.1, 0.15) is 11.1 Å². The number of aryl methyl sites for hydroxylation is 2. The molecular weight excluding hydrogens is 659 g/mol. The molecule has 5 aromatic carbocycles. The summed E-state index contributed by atoms with van der Waals surface area (Å²) in [5.74, 6) is 0. The van der Waals surface area contributed by atoms with Gasteiger partial charge >= 0.3 is 10.6 Å². The highest BCUT2D eigenvalue weighted by molar-refractivity contribution is 7.86. The molecule has 0 saturated heterocycles. The van der Waals surface area contributed by atoms with E-state index in [0.717, 1.165) is 22.2 Å². The number of nitrogens with zero attached hydrogens (tertiary/aromatic N) is 4. The first-order chi connectivity index (χ1) is 21.6. The minimum atomic E-state index is -4.63. The summed E-state index contributed by atoms with van der Waals surface area (Å²) in [5.41, 5.74) is 3.72. The molecular formula is C29H25N5O9S3. The van der Waals surface area contributed by atoms with Crippen LogP contribution in [-0.4, -0.2) is 45.6 Å². The second kappa shape index (κ2) is 13.6. The molecule has 0 heterocycles. The van der Waals surface area contributed by atoms with Crippen molar-refractivity contribution in [3.05, 3.63) is 90.0 Å². The van der Waals surface area contributed by atoms with Crippen LogP contribution in [0.4, 0.5) is 28.4 Å². The standard InChI is InChI=1S/C29H25N5O6S2.O3S/c1-17-5-4-6-19-14-29(42(38,39)40)28(16-23(17)19)34-32-26-11-12-27(24-15-21(41(35,36)37)8-9-22(24)26)33-31-25-10-7-20(30-3)13-18(25)2;1-4(2)3/h4-16,30H,1-3H3,(H,35,36,37)(H,38,39,40);. The molecule has 0 aliphatic carbocycles. The van der Waals surface area contributed by atoms with Crippen LogP contribution >= 0.6 is 0 Å². The van der Waals surface area contributed by atoms with E-state index in [4.69, 9.17) is 12.6 Å². The van der Waals surface area contributed by atoms with Gasteiger partial charge in [-0.2, -0.15) is 21.9 Å². The maximum Gasteiger partial charge on any atom is 0.425 e. The fraction of sp³-hybridized carbons (Fsp3) is 0.103. The monoisotopic (exact) mass is 683 g/mol. The number of hydrogen-bond acceptors (Lipinski definition) is 12. The lowest BCUT2D eigenvalue weighted by molar-refractivity contribution is 0.481. The van der Waals surface area contributed by atoms with E-state index in [-0.39, 0.29) is 16.3 Å². The Morgan fingerprint density at radius 3 is 1.78 bits per heavy atom. The number of benzene rings is 5. The number of azo groups is 2. The van der Waals surface area contributed by atoms with Gasteiger partial charge in [0.25, 0.3) is 20.2 Å². The van der Waals surface area contributed by atoms with Crippen molar-refractivity contribution in [1.29, 1.82) is 0 Å². The molecule has 0 aromatic heterocycles. The average molecular weight is 684 g/mol. The predicted octanol–water partition coefficient (Wildman–Crippen LogP) is 6.97. The van der Waals surface area contributed by atoms with Gasteiger partial charge in [0.15, 0.2) is 0 Å². The summed E-state index contributed by atoms with van der Waals surface area (Å²) in [5, 5.41) is 22.2. The van der Waals surface area contributed by atoms with E-state index in [1.807, 2.05) is 32.0 Å². The third-order valence-electron chi connectivity index (χ3n) is 6.71. The fourth-order valence-corrected chi connectivity index (χ4v) is 5.65. The zero-order valence-corrected chi connectivity index (χ0v) is 26.7. The summed E-state index contributed by atoms with van der Waals surface area (Å²) >= 11 is 0. The Kier molecular flexibility index (Phi) is 10.0. The molecule has 0 saturated carbocycles. The van der Waals surface area contributed by atoms with E-state index < -0.39 is 35.7 Å². The summed E-state index contributed by atoms with van der Waals surface area (Å²) in [6.07, 6.45) is 0. The Labute approximate surface area is 265 Å². The van der Waals surface area contributed by atoms with Crippen molar-refractivity contribution >= 4 is 80.8 Å². The van der Waals surface area contributed by atoms with Crippen LogP contribution in [0, 0.1) is 13.8 Å². The zero-order chi connectivity index (χ0) is 33.8. The van der Waals surface area contributed by atoms with E-state index in [9.17, 15) is 25.9 Å². The van der Waals surface area contributed by atoms with Crippen molar-refractivity contribution in [3.63, 3.8) is 0 Å². The maximum absolute atomic E-state index is 12.2. The van der Waals surface area contributed by atoms with E-state index in [1.165, 1.54) is 30.3 Å². The van der Waals surface area contributed by atoms with Crippen LogP contribution in [0.25, 0.3) is 21.5 Å². The van der Waals surface area contributed by atoms with Crippen molar-refractivity contribution < 1.29 is 38.6 Å². The minimum Gasteiger partial charge on any atom is -0.388 e. The molecule has 0 aliphatic rings. The molecule has 0 unspecified atom stereocenters. The fourth-order valence-electron chi connectivity index (χ4n) is 4.50. The summed E-state index contributed by atoms with van der Waals surface area (Å²) < 4.78 is 93.0. The number of nitrogens with one attached hydrogen (secondary N) is 1. The second-order valence-corrected chi connectivity index (χ2v) is 13.0. The van der Waals surface area contributed by atoms with Gasteiger partial charge in [-0.05, 0) is 90.3 Å². The predicted molar refractivity (Wildman–Crippen MR) is 171 cm³/mol. The van der Waals surface area contributed by atoms with Crippen LogP contribution < -0.4 is 5.32 Å². The van der Waals surface area contributed by atoms with Crippen molar-refractivity contribution in [2.75, 3.05) is 12.4 Å². The molecule has 0 atom stereocenters. The Morgan fingerprint density at radius 2 is 1.20 bits per heavy atom.